The molecule has 9 nitrogen and oxygen atoms in total. The smallest absolute Gasteiger partial charge is 0.390 e. The summed E-state index contributed by atoms with van der Waals surface area (Å²) in [7, 11) is 0. The summed E-state index contributed by atoms with van der Waals surface area (Å²) < 4.78 is 0. The van der Waals surface area contributed by atoms with Crippen molar-refractivity contribution in [3.8, 4) is 0 Å². The number of nitrogens with zero attached hydrogens (tertiary/aromatic N) is 4. The normalized spacial score (nSPS) is 12.6. The zero-order valence-corrected chi connectivity index (χ0v) is 7.94. The van der Waals surface area contributed by atoms with Crippen molar-refractivity contribution in [3.05, 3.63) is 44.9 Å². The number of nitro groups is 2. The molecule has 0 spiro atoms. The van der Waals surface area contributed by atoms with Gasteiger partial charge in [-0.3, -0.25) is 0 Å². The van der Waals surface area contributed by atoms with E-state index in [0.29, 0.717) is 6.42 Å². The van der Waals surface area contributed by atoms with Crippen LogP contribution in [0, 0.1) is 20.2 Å². The van der Waals surface area contributed by atoms with Gasteiger partial charge in [-0.25, -0.2) is 4.98 Å². The molecule has 1 aromatic heterocycles. The SMILES string of the molecule is O=[N+]([O-])C1=NC=CC1.O=[N+]([O-])c1ncc[nH]1. The molecule has 9 heteroatoms. The number of aromatic amines is 1. The Morgan fingerprint density at radius 2 is 2.06 bits per heavy atom. The van der Waals surface area contributed by atoms with Crippen molar-refractivity contribution in [1.82, 2.24) is 9.97 Å². The van der Waals surface area contributed by atoms with E-state index in [0.717, 1.165) is 0 Å². The van der Waals surface area contributed by atoms with E-state index in [1.165, 1.54) is 18.6 Å². The largest absolute Gasteiger partial charge is 0.432 e. The van der Waals surface area contributed by atoms with Gasteiger partial charge in [0.25, 0.3) is 0 Å². The van der Waals surface area contributed by atoms with Crippen LogP contribution in [-0.2, 0) is 0 Å². The van der Waals surface area contributed by atoms with Crippen LogP contribution in [0.25, 0.3) is 0 Å². The van der Waals surface area contributed by atoms with Gasteiger partial charge in [-0.1, -0.05) is 9.98 Å². The molecule has 1 aliphatic rings. The molecule has 1 aromatic rings. The molecule has 0 fully saturated rings. The Balaban J connectivity index is 0.000000160. The van der Waals surface area contributed by atoms with E-state index in [1.54, 1.807) is 6.08 Å². The molecule has 0 amide bonds. The molecule has 0 bridgehead atoms. The number of aromatic nitrogens is 2. The highest BCUT2D eigenvalue weighted by Gasteiger charge is 2.11. The van der Waals surface area contributed by atoms with Gasteiger partial charge in [0.2, 0.25) is 0 Å². The molecule has 84 valence electrons. The Bertz CT molecular complexity index is 436. The van der Waals surface area contributed by atoms with Gasteiger partial charge in [-0.05, 0) is 15.9 Å². The molecular formula is C7H7N5O4. The molecule has 1 N–H and O–H groups in total. The summed E-state index contributed by atoms with van der Waals surface area (Å²) in [5.41, 5.74) is 0. The fourth-order valence-corrected chi connectivity index (χ4v) is 0.828. The van der Waals surface area contributed by atoms with Crippen LogP contribution in [0.2, 0.25) is 0 Å². The van der Waals surface area contributed by atoms with Crippen LogP contribution in [0.3, 0.4) is 0 Å². The predicted molar refractivity (Wildman–Crippen MR) is 53.4 cm³/mol. The lowest BCUT2D eigenvalue weighted by molar-refractivity contribution is -0.393. The highest BCUT2D eigenvalue weighted by molar-refractivity contribution is 5.78. The van der Waals surface area contributed by atoms with E-state index in [9.17, 15) is 20.2 Å². The first-order valence-electron chi connectivity index (χ1n) is 4.11. The topological polar surface area (TPSA) is 127 Å². The second-order valence-corrected chi connectivity index (χ2v) is 2.56. The van der Waals surface area contributed by atoms with Gasteiger partial charge in [0.15, 0.2) is 0 Å². The summed E-state index contributed by atoms with van der Waals surface area (Å²) in [6.07, 6.45) is 6.19. The standard InChI is InChI=1S/C4H4N2O2.C3H3N3O2/c7-6(8)4-2-1-3-5-4;7-6(8)3-4-1-2-5-3/h1,3H,2H2;1-2H,(H,4,5). The number of aliphatic imine (C=N–C) groups is 1. The van der Waals surface area contributed by atoms with Gasteiger partial charge in [0.05, 0.1) is 12.6 Å². The van der Waals surface area contributed by atoms with Gasteiger partial charge in [0.1, 0.15) is 12.4 Å². The lowest BCUT2D eigenvalue weighted by atomic mass is 10.4. The molecule has 2 heterocycles. The van der Waals surface area contributed by atoms with Crippen LogP contribution < -0.4 is 0 Å². The number of rotatable bonds is 1. The van der Waals surface area contributed by atoms with Gasteiger partial charge in [-0.2, -0.15) is 0 Å². The third-order valence-electron chi connectivity index (χ3n) is 1.50. The van der Waals surface area contributed by atoms with E-state index >= 15 is 0 Å². The van der Waals surface area contributed by atoms with Gasteiger partial charge in [-0.15, -0.1) is 0 Å². The van der Waals surface area contributed by atoms with Crippen molar-refractivity contribution < 1.29 is 9.85 Å². The lowest BCUT2D eigenvalue weighted by Crippen LogP contribution is -2.07. The molecular weight excluding hydrogens is 218 g/mol. The Kier molecular flexibility index (Phi) is 3.83. The van der Waals surface area contributed by atoms with Crippen molar-refractivity contribution in [1.29, 1.82) is 0 Å². The van der Waals surface area contributed by atoms with Crippen LogP contribution in [0.5, 0.6) is 0 Å². The second-order valence-electron chi connectivity index (χ2n) is 2.56. The van der Waals surface area contributed by atoms with Crippen LogP contribution >= 0.6 is 0 Å². The molecule has 0 atom stereocenters. The van der Waals surface area contributed by atoms with Crippen LogP contribution in [0.15, 0.2) is 29.7 Å². The number of hydrogen-bond acceptors (Lipinski definition) is 6. The second kappa shape index (κ2) is 5.34. The van der Waals surface area contributed by atoms with Crippen molar-refractivity contribution >= 4 is 11.8 Å². The summed E-state index contributed by atoms with van der Waals surface area (Å²) >= 11 is 0. The zero-order chi connectivity index (χ0) is 12.0. The van der Waals surface area contributed by atoms with Crippen LogP contribution in [0.4, 0.5) is 5.95 Å². The maximum Gasteiger partial charge on any atom is 0.432 e. The van der Waals surface area contributed by atoms with E-state index in [1.807, 2.05) is 0 Å². The number of H-pyrrole nitrogens is 1. The molecule has 1 aliphatic heterocycles. The van der Waals surface area contributed by atoms with Gasteiger partial charge >= 0.3 is 11.8 Å². The molecule has 0 aliphatic carbocycles. The average Bonchev–Trinajstić information content (AvgIpc) is 2.93. The fraction of sp³-hybridized carbons (Fsp3) is 0.143. The van der Waals surface area contributed by atoms with E-state index in [-0.39, 0.29) is 11.8 Å². The molecule has 0 saturated heterocycles. The molecule has 0 saturated carbocycles. The first kappa shape index (κ1) is 11.5. The average molecular weight is 225 g/mol. The van der Waals surface area contributed by atoms with E-state index in [2.05, 4.69) is 15.0 Å². The van der Waals surface area contributed by atoms with Crippen molar-refractivity contribution in [2.75, 3.05) is 0 Å². The van der Waals surface area contributed by atoms with E-state index < -0.39 is 9.85 Å². The van der Waals surface area contributed by atoms with Crippen molar-refractivity contribution in [2.24, 2.45) is 4.99 Å². The highest BCUT2D eigenvalue weighted by Crippen LogP contribution is 1.98. The quantitative estimate of drug-likeness (QED) is 0.560. The fourth-order valence-electron chi connectivity index (χ4n) is 0.828. The third-order valence-corrected chi connectivity index (χ3v) is 1.50. The first-order chi connectivity index (χ1) is 7.61. The molecule has 0 unspecified atom stereocenters. The molecule has 16 heavy (non-hydrogen) atoms. The minimum atomic E-state index is -0.583. The monoisotopic (exact) mass is 225 g/mol. The Labute approximate surface area is 88.8 Å². The van der Waals surface area contributed by atoms with Gasteiger partial charge in [0, 0.05) is 0 Å². The highest BCUT2D eigenvalue weighted by atomic mass is 16.6. The van der Waals surface area contributed by atoms with Gasteiger partial charge < -0.3 is 20.2 Å². The minimum absolute atomic E-state index is 0.0324. The van der Waals surface area contributed by atoms with E-state index in [4.69, 9.17) is 0 Å². The summed E-state index contributed by atoms with van der Waals surface area (Å²) in [6.45, 7) is 0. The number of imidazole rings is 1. The molecule has 2 rings (SSSR count). The maximum absolute atomic E-state index is 9.84. The van der Waals surface area contributed by atoms with Crippen LogP contribution in [-0.4, -0.2) is 25.7 Å². The maximum atomic E-state index is 9.84. The Hall–Kier alpha value is -2.58. The first-order valence-corrected chi connectivity index (χ1v) is 4.11. The number of nitrogens with one attached hydrogen (secondary N) is 1. The number of amidine groups is 1. The minimum Gasteiger partial charge on any atom is -0.390 e. The lowest BCUT2D eigenvalue weighted by Gasteiger charge is -1.86. The van der Waals surface area contributed by atoms with Crippen LogP contribution in [0.1, 0.15) is 6.42 Å². The number of hydrogen-bond donors (Lipinski definition) is 1. The Morgan fingerprint density at radius 3 is 2.31 bits per heavy atom. The molecule has 0 aromatic carbocycles. The van der Waals surface area contributed by atoms with Crippen molar-refractivity contribution in [2.45, 2.75) is 6.42 Å². The Morgan fingerprint density at radius 1 is 1.31 bits per heavy atom. The summed E-state index contributed by atoms with van der Waals surface area (Å²) in [6, 6.07) is 0. The summed E-state index contributed by atoms with van der Waals surface area (Å²) in [5.74, 6) is -0.185. The molecule has 0 radical (unpaired) electrons. The third kappa shape index (κ3) is 3.29. The zero-order valence-electron chi connectivity index (χ0n) is 7.94. The summed E-state index contributed by atoms with van der Waals surface area (Å²) in [4.78, 5) is 27.7. The van der Waals surface area contributed by atoms with Crippen molar-refractivity contribution in [3.63, 3.8) is 0 Å². The predicted octanol–water partition coefficient (Wildman–Crippen LogP) is 0.897. The summed E-state index contributed by atoms with van der Waals surface area (Å²) in [5, 5.41) is 19.6.